The van der Waals surface area contributed by atoms with Gasteiger partial charge in [-0.1, -0.05) is 6.07 Å². The van der Waals surface area contributed by atoms with E-state index in [2.05, 4.69) is 25.1 Å². The first-order chi connectivity index (χ1) is 18.4. The van der Waals surface area contributed by atoms with Crippen LogP contribution in [-0.2, 0) is 0 Å². The van der Waals surface area contributed by atoms with E-state index in [1.54, 1.807) is 24.7 Å². The van der Waals surface area contributed by atoms with Gasteiger partial charge < -0.3 is 19.7 Å². The molecule has 6 rings (SSSR count). The number of aromatic nitrogens is 5. The molecular formula is C29H25FN6O2. The number of halogens is 1. The summed E-state index contributed by atoms with van der Waals surface area (Å²) in [6.45, 7) is 1.19. The summed E-state index contributed by atoms with van der Waals surface area (Å²) in [5.74, 6) is 0.207. The van der Waals surface area contributed by atoms with E-state index < -0.39 is 0 Å². The maximum atomic E-state index is 14.6. The van der Waals surface area contributed by atoms with Crippen molar-refractivity contribution >= 4 is 21.8 Å². The van der Waals surface area contributed by atoms with Crippen LogP contribution >= 0.6 is 0 Å². The van der Waals surface area contributed by atoms with Gasteiger partial charge in [-0.3, -0.25) is 15.1 Å². The lowest BCUT2D eigenvalue weighted by atomic mass is 10.0. The quantitative estimate of drug-likeness (QED) is 0.259. The number of aromatic amines is 2. The van der Waals surface area contributed by atoms with E-state index in [0.717, 1.165) is 56.4 Å². The molecule has 0 radical (unpaired) electrons. The number of H-pyrrole nitrogens is 2. The minimum atomic E-state index is -0.373. The summed E-state index contributed by atoms with van der Waals surface area (Å²) in [4.78, 5) is 13.9. The summed E-state index contributed by atoms with van der Waals surface area (Å²) in [6, 6.07) is 14.3. The number of rotatable bonds is 7. The van der Waals surface area contributed by atoms with Crippen molar-refractivity contribution in [3.63, 3.8) is 0 Å². The topological polar surface area (TPSA) is 103 Å². The summed E-state index contributed by atoms with van der Waals surface area (Å²) in [5.41, 5.74) is 6.39. The molecule has 0 unspecified atom stereocenters. The number of ether oxygens (including phenoxy) is 1. The fourth-order valence-electron chi connectivity index (χ4n) is 4.54. The average Bonchev–Trinajstić information content (AvgIpc) is 3.51. The van der Waals surface area contributed by atoms with Crippen LogP contribution in [0.1, 0.15) is 0 Å². The molecule has 190 valence electrons. The van der Waals surface area contributed by atoms with E-state index in [9.17, 15) is 9.50 Å². The summed E-state index contributed by atoms with van der Waals surface area (Å²) in [5, 5.41) is 19.3. The molecule has 0 saturated heterocycles. The van der Waals surface area contributed by atoms with Crippen molar-refractivity contribution < 1.29 is 14.2 Å². The van der Waals surface area contributed by atoms with E-state index in [0.29, 0.717) is 17.9 Å². The van der Waals surface area contributed by atoms with Crippen LogP contribution in [0, 0.1) is 5.82 Å². The molecule has 6 aromatic rings. The number of benzene rings is 2. The third-order valence-electron chi connectivity index (χ3n) is 6.41. The molecule has 9 heteroatoms. The number of nitrogens with zero attached hydrogens (tertiary/aromatic N) is 4. The third kappa shape index (κ3) is 4.55. The average molecular weight is 509 g/mol. The minimum absolute atomic E-state index is 0.106. The van der Waals surface area contributed by atoms with Gasteiger partial charge in [0, 0.05) is 46.9 Å². The molecule has 0 aliphatic carbocycles. The van der Waals surface area contributed by atoms with Crippen molar-refractivity contribution in [3.05, 3.63) is 79.1 Å². The van der Waals surface area contributed by atoms with Gasteiger partial charge in [-0.25, -0.2) is 4.39 Å². The van der Waals surface area contributed by atoms with E-state index >= 15 is 0 Å². The van der Waals surface area contributed by atoms with Gasteiger partial charge in [0.1, 0.15) is 29.6 Å². The highest BCUT2D eigenvalue weighted by Gasteiger charge is 2.16. The highest BCUT2D eigenvalue weighted by atomic mass is 19.1. The van der Waals surface area contributed by atoms with Crippen molar-refractivity contribution in [2.45, 2.75) is 0 Å². The SMILES string of the molecule is CN(C)CCOc1cc(F)cc(-c2cncc3[nH]c(-c4n[nH]c5ccc(-c6cncc(O)c6)cc45)cc23)c1. The molecule has 3 N–H and O–H groups in total. The van der Waals surface area contributed by atoms with Crippen molar-refractivity contribution in [1.29, 1.82) is 0 Å². The van der Waals surface area contributed by atoms with E-state index in [1.165, 1.54) is 18.3 Å². The van der Waals surface area contributed by atoms with Gasteiger partial charge in [0.25, 0.3) is 0 Å². The molecule has 0 saturated carbocycles. The Bertz CT molecular complexity index is 1770. The maximum absolute atomic E-state index is 14.6. The fourth-order valence-corrected chi connectivity index (χ4v) is 4.54. The summed E-state index contributed by atoms with van der Waals surface area (Å²) < 4.78 is 20.3. The predicted octanol–water partition coefficient (Wildman–Crippen LogP) is 5.62. The Labute approximate surface area is 217 Å². The van der Waals surface area contributed by atoms with Crippen LogP contribution in [0.4, 0.5) is 4.39 Å². The van der Waals surface area contributed by atoms with Crippen LogP contribution in [0.15, 0.2) is 73.3 Å². The molecule has 8 nitrogen and oxygen atoms in total. The largest absolute Gasteiger partial charge is 0.506 e. The molecule has 0 aliphatic rings. The molecule has 38 heavy (non-hydrogen) atoms. The number of nitrogens with one attached hydrogen (secondary N) is 2. The van der Waals surface area contributed by atoms with Crippen LogP contribution < -0.4 is 4.74 Å². The number of aromatic hydroxyl groups is 1. The Morgan fingerprint density at radius 1 is 0.868 bits per heavy atom. The zero-order valence-electron chi connectivity index (χ0n) is 20.9. The number of pyridine rings is 2. The monoisotopic (exact) mass is 508 g/mol. The minimum Gasteiger partial charge on any atom is -0.506 e. The molecule has 0 bridgehead atoms. The van der Waals surface area contributed by atoms with Crippen LogP contribution in [0.3, 0.4) is 0 Å². The lowest BCUT2D eigenvalue weighted by Crippen LogP contribution is -2.19. The van der Waals surface area contributed by atoms with Crippen LogP contribution in [0.25, 0.3) is 55.4 Å². The lowest BCUT2D eigenvalue weighted by molar-refractivity contribution is 0.260. The van der Waals surface area contributed by atoms with Crippen molar-refractivity contribution in [1.82, 2.24) is 30.0 Å². The standard InChI is InChI=1S/C29H25FN6O2/c1-36(2)5-6-38-22-9-18(7-20(30)11-22)25-15-32-16-28-23(25)12-27(33-28)29-24-10-17(3-4-26(24)34-35-29)19-8-21(37)14-31-13-19/h3-4,7-16,33,37H,5-6H2,1-2H3,(H,34,35). The van der Waals surface area contributed by atoms with E-state index in [-0.39, 0.29) is 11.6 Å². The Kier molecular flexibility index (Phi) is 5.97. The normalized spacial score (nSPS) is 11.6. The summed E-state index contributed by atoms with van der Waals surface area (Å²) in [7, 11) is 3.92. The highest BCUT2D eigenvalue weighted by molar-refractivity contribution is 6.01. The van der Waals surface area contributed by atoms with Crippen molar-refractivity contribution in [2.75, 3.05) is 27.2 Å². The summed E-state index contributed by atoms with van der Waals surface area (Å²) >= 11 is 0. The second kappa shape index (κ2) is 9.60. The van der Waals surface area contributed by atoms with Gasteiger partial charge in [0.2, 0.25) is 0 Å². The molecule has 4 heterocycles. The first-order valence-electron chi connectivity index (χ1n) is 12.1. The molecule has 0 aliphatic heterocycles. The van der Waals surface area contributed by atoms with Crippen LogP contribution in [0.5, 0.6) is 11.5 Å². The van der Waals surface area contributed by atoms with Gasteiger partial charge >= 0.3 is 0 Å². The van der Waals surface area contributed by atoms with Gasteiger partial charge in [0.05, 0.1) is 29.1 Å². The van der Waals surface area contributed by atoms with Gasteiger partial charge in [-0.2, -0.15) is 5.10 Å². The highest BCUT2D eigenvalue weighted by Crippen LogP contribution is 2.36. The molecule has 0 amide bonds. The van der Waals surface area contributed by atoms with E-state index in [4.69, 9.17) is 4.74 Å². The van der Waals surface area contributed by atoms with Gasteiger partial charge in [-0.05, 0) is 61.6 Å². The molecule has 0 fully saturated rings. The first-order valence-corrected chi connectivity index (χ1v) is 12.1. The van der Waals surface area contributed by atoms with Crippen LogP contribution in [0.2, 0.25) is 0 Å². The number of fused-ring (bicyclic) bond motifs is 2. The number of hydrogen-bond acceptors (Lipinski definition) is 6. The Hall–Kier alpha value is -4.76. The molecule has 4 aromatic heterocycles. The Morgan fingerprint density at radius 3 is 2.58 bits per heavy atom. The fraction of sp³-hybridized carbons (Fsp3) is 0.138. The second-order valence-corrected chi connectivity index (χ2v) is 9.42. The first kappa shape index (κ1) is 23.6. The lowest BCUT2D eigenvalue weighted by Gasteiger charge is -2.12. The predicted molar refractivity (Wildman–Crippen MR) is 146 cm³/mol. The second-order valence-electron chi connectivity index (χ2n) is 9.42. The van der Waals surface area contributed by atoms with E-state index in [1.807, 2.05) is 49.3 Å². The Balaban J connectivity index is 1.40. The number of likely N-dealkylation sites (N-methyl/N-ethyl adjacent to an activating group) is 1. The molecule has 2 aromatic carbocycles. The Morgan fingerprint density at radius 2 is 1.74 bits per heavy atom. The van der Waals surface area contributed by atoms with Crippen LogP contribution in [-0.4, -0.2) is 62.4 Å². The molecule has 0 atom stereocenters. The van der Waals surface area contributed by atoms with Crippen molar-refractivity contribution in [2.24, 2.45) is 0 Å². The zero-order chi connectivity index (χ0) is 26.2. The maximum Gasteiger partial charge on any atom is 0.134 e. The molecular weight excluding hydrogens is 483 g/mol. The third-order valence-corrected chi connectivity index (χ3v) is 6.41. The zero-order valence-corrected chi connectivity index (χ0v) is 20.9. The van der Waals surface area contributed by atoms with Gasteiger partial charge in [0.15, 0.2) is 0 Å². The van der Waals surface area contributed by atoms with Gasteiger partial charge in [-0.15, -0.1) is 0 Å². The van der Waals surface area contributed by atoms with Crippen molar-refractivity contribution in [3.8, 4) is 45.1 Å². The smallest absolute Gasteiger partial charge is 0.134 e. The molecule has 0 spiro atoms. The summed E-state index contributed by atoms with van der Waals surface area (Å²) in [6.07, 6.45) is 6.58. The number of hydrogen-bond donors (Lipinski definition) is 3.